The Balaban J connectivity index is 1.56. The lowest BCUT2D eigenvalue weighted by molar-refractivity contribution is -0.143. The predicted octanol–water partition coefficient (Wildman–Crippen LogP) is 1.46. The molecule has 7 heteroatoms. The van der Waals surface area contributed by atoms with Gasteiger partial charge in [-0.15, -0.1) is 0 Å². The highest BCUT2D eigenvalue weighted by atomic mass is 16.5. The van der Waals surface area contributed by atoms with E-state index in [9.17, 15) is 9.59 Å². The van der Waals surface area contributed by atoms with Crippen molar-refractivity contribution < 1.29 is 18.8 Å². The second kappa shape index (κ2) is 5.67. The van der Waals surface area contributed by atoms with Gasteiger partial charge < -0.3 is 19.1 Å². The number of ether oxygens (including phenoxy) is 1. The van der Waals surface area contributed by atoms with Gasteiger partial charge in [-0.2, -0.15) is 0 Å². The van der Waals surface area contributed by atoms with Gasteiger partial charge in [0.2, 0.25) is 11.8 Å². The van der Waals surface area contributed by atoms with E-state index in [1.807, 2.05) is 17.1 Å². The van der Waals surface area contributed by atoms with Gasteiger partial charge in [0.25, 0.3) is 0 Å². The van der Waals surface area contributed by atoms with Crippen molar-refractivity contribution in [1.82, 2.24) is 15.0 Å². The molecule has 0 saturated carbocycles. The molecule has 4 rings (SSSR count). The van der Waals surface area contributed by atoms with E-state index in [4.69, 9.17) is 9.26 Å². The molecule has 7 nitrogen and oxygen atoms in total. The number of carbonyl (C=O) groups is 2. The molecule has 26 heavy (non-hydrogen) atoms. The van der Waals surface area contributed by atoms with Gasteiger partial charge in [-0.25, -0.2) is 0 Å². The topological polar surface area (TPSA) is 75.9 Å². The minimum atomic E-state index is -0.652. The quantitative estimate of drug-likeness (QED) is 0.761. The van der Waals surface area contributed by atoms with Gasteiger partial charge in [-0.05, 0) is 5.41 Å². The SMILES string of the molecule is CN(Cc1ccno1)C(=O)C1C2C(=O)N(CC(C)(C)C)C[C@]23C=C[C@H]1O3. The van der Waals surface area contributed by atoms with Crippen LogP contribution in [0.2, 0.25) is 0 Å². The molecule has 2 saturated heterocycles. The average molecular weight is 359 g/mol. The fourth-order valence-corrected chi connectivity index (χ4v) is 4.46. The van der Waals surface area contributed by atoms with Crippen LogP contribution in [0.4, 0.5) is 0 Å². The van der Waals surface area contributed by atoms with Crippen LogP contribution in [0.25, 0.3) is 0 Å². The first-order chi connectivity index (χ1) is 12.2. The van der Waals surface area contributed by atoms with Gasteiger partial charge >= 0.3 is 0 Å². The fraction of sp³-hybridized carbons (Fsp3) is 0.632. The Morgan fingerprint density at radius 3 is 2.88 bits per heavy atom. The Morgan fingerprint density at radius 2 is 2.23 bits per heavy atom. The maximum Gasteiger partial charge on any atom is 0.230 e. The second-order valence-corrected chi connectivity index (χ2v) is 8.83. The zero-order valence-electron chi connectivity index (χ0n) is 15.6. The van der Waals surface area contributed by atoms with Gasteiger partial charge in [0.05, 0.1) is 37.2 Å². The lowest BCUT2D eigenvalue weighted by Gasteiger charge is -2.29. The Kier molecular flexibility index (Phi) is 3.77. The maximum absolute atomic E-state index is 13.1. The standard InChI is InChI=1S/C19H25N3O4/c1-18(2,3)10-22-11-19-7-5-13(25-19)14(15(19)17(22)24)16(23)21(4)9-12-6-8-20-26-12/h5-8,13-15H,9-11H2,1-4H3/t13-,14?,15?,19-/m1/s1. The van der Waals surface area contributed by atoms with Gasteiger partial charge in [0, 0.05) is 19.7 Å². The zero-order valence-corrected chi connectivity index (χ0v) is 15.6. The van der Waals surface area contributed by atoms with E-state index in [0.717, 1.165) is 0 Å². The van der Waals surface area contributed by atoms with E-state index in [2.05, 4.69) is 25.9 Å². The third-order valence-corrected chi connectivity index (χ3v) is 5.39. The molecule has 2 bridgehead atoms. The van der Waals surface area contributed by atoms with E-state index in [0.29, 0.717) is 25.4 Å². The predicted molar refractivity (Wildman–Crippen MR) is 92.7 cm³/mol. The average Bonchev–Trinajstić information content (AvgIpc) is 3.29. The van der Waals surface area contributed by atoms with Crippen molar-refractivity contribution in [2.75, 3.05) is 20.1 Å². The summed E-state index contributed by atoms with van der Waals surface area (Å²) < 4.78 is 11.3. The molecule has 0 N–H and O–H groups in total. The minimum absolute atomic E-state index is 0.00472. The van der Waals surface area contributed by atoms with Gasteiger partial charge in [-0.1, -0.05) is 38.1 Å². The van der Waals surface area contributed by atoms with Crippen molar-refractivity contribution >= 4 is 11.8 Å². The molecule has 4 heterocycles. The van der Waals surface area contributed by atoms with Crippen molar-refractivity contribution in [3.05, 3.63) is 30.2 Å². The summed E-state index contributed by atoms with van der Waals surface area (Å²) in [6.45, 7) is 7.82. The monoisotopic (exact) mass is 359 g/mol. The molecular formula is C19H25N3O4. The van der Waals surface area contributed by atoms with E-state index in [1.165, 1.54) is 0 Å². The first-order valence-corrected chi connectivity index (χ1v) is 9.01. The summed E-state index contributed by atoms with van der Waals surface area (Å²) >= 11 is 0. The second-order valence-electron chi connectivity index (χ2n) is 8.83. The number of fused-ring (bicyclic) bond motifs is 1. The number of nitrogens with zero attached hydrogens (tertiary/aromatic N) is 3. The lowest BCUT2D eigenvalue weighted by Crippen LogP contribution is -2.44. The fourth-order valence-electron chi connectivity index (χ4n) is 4.46. The van der Waals surface area contributed by atoms with E-state index < -0.39 is 17.4 Å². The Bertz CT molecular complexity index is 751. The lowest BCUT2D eigenvalue weighted by atomic mass is 9.76. The molecule has 3 aliphatic rings. The number of aromatic nitrogens is 1. The number of hydrogen-bond donors (Lipinski definition) is 0. The number of likely N-dealkylation sites (tertiary alicyclic amines) is 1. The van der Waals surface area contributed by atoms with Crippen LogP contribution in [0.15, 0.2) is 28.9 Å². The van der Waals surface area contributed by atoms with Gasteiger partial charge in [0.1, 0.15) is 5.60 Å². The Morgan fingerprint density at radius 1 is 1.46 bits per heavy atom. The highest BCUT2D eigenvalue weighted by Gasteiger charge is 2.67. The van der Waals surface area contributed by atoms with Crippen LogP contribution < -0.4 is 0 Å². The van der Waals surface area contributed by atoms with Crippen LogP contribution in [0.5, 0.6) is 0 Å². The smallest absolute Gasteiger partial charge is 0.230 e. The molecule has 140 valence electrons. The molecule has 3 aliphatic heterocycles. The molecule has 1 aromatic rings. The van der Waals surface area contributed by atoms with Crippen LogP contribution in [-0.4, -0.2) is 58.6 Å². The molecule has 0 aromatic carbocycles. The number of amides is 2. The van der Waals surface area contributed by atoms with Crippen LogP contribution >= 0.6 is 0 Å². The van der Waals surface area contributed by atoms with Gasteiger partial charge in [0.15, 0.2) is 5.76 Å². The first kappa shape index (κ1) is 17.3. The minimum Gasteiger partial charge on any atom is -0.360 e. The summed E-state index contributed by atoms with van der Waals surface area (Å²) in [5.41, 5.74) is -0.657. The first-order valence-electron chi connectivity index (χ1n) is 9.01. The summed E-state index contributed by atoms with van der Waals surface area (Å²) in [7, 11) is 1.72. The van der Waals surface area contributed by atoms with Crippen LogP contribution in [0.1, 0.15) is 26.5 Å². The van der Waals surface area contributed by atoms with Crippen molar-refractivity contribution in [3.8, 4) is 0 Å². The highest BCUT2D eigenvalue weighted by molar-refractivity contribution is 5.93. The van der Waals surface area contributed by atoms with Crippen LogP contribution in [0, 0.1) is 17.3 Å². The van der Waals surface area contributed by atoms with Crippen molar-refractivity contribution in [3.63, 3.8) is 0 Å². The third-order valence-electron chi connectivity index (χ3n) is 5.39. The maximum atomic E-state index is 13.1. The number of hydrogen-bond acceptors (Lipinski definition) is 5. The van der Waals surface area contributed by atoms with Crippen molar-refractivity contribution in [1.29, 1.82) is 0 Å². The molecule has 2 unspecified atom stereocenters. The van der Waals surface area contributed by atoms with Gasteiger partial charge in [-0.3, -0.25) is 9.59 Å². The molecule has 4 atom stereocenters. The molecule has 1 aromatic heterocycles. The van der Waals surface area contributed by atoms with Crippen molar-refractivity contribution in [2.24, 2.45) is 17.3 Å². The summed E-state index contributed by atoms with van der Waals surface area (Å²) in [6, 6.07) is 1.73. The Labute approximate surface area is 152 Å². The van der Waals surface area contributed by atoms with Crippen LogP contribution in [0.3, 0.4) is 0 Å². The van der Waals surface area contributed by atoms with E-state index in [-0.39, 0.29) is 23.3 Å². The summed E-state index contributed by atoms with van der Waals surface area (Å²) in [6.07, 6.45) is 5.15. The molecule has 2 fully saturated rings. The number of carbonyl (C=O) groups excluding carboxylic acids is 2. The van der Waals surface area contributed by atoms with Crippen molar-refractivity contribution in [2.45, 2.75) is 39.0 Å². The number of rotatable bonds is 4. The third kappa shape index (κ3) is 2.65. The van der Waals surface area contributed by atoms with Crippen LogP contribution in [-0.2, 0) is 20.9 Å². The molecule has 0 aliphatic carbocycles. The van der Waals surface area contributed by atoms with E-state index >= 15 is 0 Å². The molecule has 1 spiro atoms. The highest BCUT2D eigenvalue weighted by Crippen LogP contribution is 2.52. The summed E-state index contributed by atoms with van der Waals surface area (Å²) in [4.78, 5) is 29.7. The Hall–Kier alpha value is -2.15. The summed E-state index contributed by atoms with van der Waals surface area (Å²) in [5.74, 6) is -0.371. The molecule has 2 amide bonds. The normalized spacial score (nSPS) is 32.4. The largest absolute Gasteiger partial charge is 0.360 e. The molecular weight excluding hydrogens is 334 g/mol. The van der Waals surface area contributed by atoms with E-state index in [1.54, 1.807) is 24.2 Å². The molecule has 0 radical (unpaired) electrons. The summed E-state index contributed by atoms with van der Waals surface area (Å²) in [5, 5.41) is 3.67. The zero-order chi connectivity index (χ0) is 18.7.